The van der Waals surface area contributed by atoms with Crippen LogP contribution in [0.25, 0.3) is 6.08 Å². The smallest absolute Gasteiger partial charge is 0.126 e. The Labute approximate surface area is 114 Å². The lowest BCUT2D eigenvalue weighted by atomic mass is 9.88. The molecule has 0 spiro atoms. The predicted molar refractivity (Wildman–Crippen MR) is 79.7 cm³/mol. The van der Waals surface area contributed by atoms with E-state index < -0.39 is 0 Å². The normalized spacial score (nSPS) is 17.0. The van der Waals surface area contributed by atoms with Gasteiger partial charge in [0.25, 0.3) is 0 Å². The second-order valence-corrected chi connectivity index (χ2v) is 5.20. The van der Waals surface area contributed by atoms with Crippen molar-refractivity contribution in [2.75, 3.05) is 7.11 Å². The van der Waals surface area contributed by atoms with E-state index >= 15 is 0 Å². The first-order chi connectivity index (χ1) is 9.20. The first-order valence-electron chi connectivity index (χ1n) is 6.62. The highest BCUT2D eigenvalue weighted by Gasteiger charge is 2.25. The van der Waals surface area contributed by atoms with E-state index in [0.717, 1.165) is 5.75 Å². The highest BCUT2D eigenvalue weighted by Crippen LogP contribution is 2.43. The van der Waals surface area contributed by atoms with Crippen LogP contribution < -0.4 is 4.74 Å². The standard InChI is InChI=1S/C18H18O/c1-12-7-9-14(10-8-12)18-13(2)11-16-15(18)5-4-6-17(16)19-3/h4-11,18H,1-3H3. The maximum absolute atomic E-state index is 5.46. The van der Waals surface area contributed by atoms with Crippen LogP contribution in [0.3, 0.4) is 0 Å². The summed E-state index contributed by atoms with van der Waals surface area (Å²) in [5, 5.41) is 0. The summed E-state index contributed by atoms with van der Waals surface area (Å²) in [4.78, 5) is 0. The largest absolute Gasteiger partial charge is 0.496 e. The Hall–Kier alpha value is -2.02. The van der Waals surface area contributed by atoms with Crippen LogP contribution in [0.5, 0.6) is 5.75 Å². The van der Waals surface area contributed by atoms with Gasteiger partial charge in [-0.3, -0.25) is 0 Å². The third-order valence-corrected chi connectivity index (χ3v) is 3.87. The van der Waals surface area contributed by atoms with Gasteiger partial charge in [0.2, 0.25) is 0 Å². The van der Waals surface area contributed by atoms with Gasteiger partial charge in [0.1, 0.15) is 5.75 Å². The Morgan fingerprint density at radius 2 is 1.68 bits per heavy atom. The molecule has 0 bridgehead atoms. The number of ether oxygens (including phenoxy) is 1. The lowest BCUT2D eigenvalue weighted by Crippen LogP contribution is -2.00. The fourth-order valence-corrected chi connectivity index (χ4v) is 2.90. The van der Waals surface area contributed by atoms with E-state index in [9.17, 15) is 0 Å². The number of hydrogen-bond donors (Lipinski definition) is 0. The Balaban J connectivity index is 2.12. The van der Waals surface area contributed by atoms with Crippen molar-refractivity contribution in [1.82, 2.24) is 0 Å². The van der Waals surface area contributed by atoms with Gasteiger partial charge < -0.3 is 4.74 Å². The molecule has 0 aliphatic heterocycles. The third-order valence-electron chi connectivity index (χ3n) is 3.87. The molecule has 96 valence electrons. The van der Waals surface area contributed by atoms with E-state index in [2.05, 4.69) is 56.3 Å². The summed E-state index contributed by atoms with van der Waals surface area (Å²) in [6.07, 6.45) is 2.25. The van der Waals surface area contributed by atoms with Crippen molar-refractivity contribution in [2.45, 2.75) is 19.8 Å². The average molecular weight is 250 g/mol. The Kier molecular flexibility index (Phi) is 2.90. The molecule has 1 heteroatoms. The zero-order valence-electron chi connectivity index (χ0n) is 11.6. The van der Waals surface area contributed by atoms with Crippen molar-refractivity contribution in [3.8, 4) is 5.75 Å². The van der Waals surface area contributed by atoms with E-state index in [1.807, 2.05) is 6.07 Å². The van der Waals surface area contributed by atoms with E-state index in [1.54, 1.807) is 7.11 Å². The molecule has 0 N–H and O–H groups in total. The minimum atomic E-state index is 0.366. The lowest BCUT2D eigenvalue weighted by Gasteiger charge is -2.16. The summed E-state index contributed by atoms with van der Waals surface area (Å²) in [5.74, 6) is 1.33. The average Bonchev–Trinajstić information content (AvgIpc) is 2.76. The predicted octanol–water partition coefficient (Wildman–Crippen LogP) is 4.55. The number of benzene rings is 2. The number of fused-ring (bicyclic) bond motifs is 1. The van der Waals surface area contributed by atoms with Crippen LogP contribution in [-0.4, -0.2) is 7.11 Å². The topological polar surface area (TPSA) is 9.23 Å². The number of rotatable bonds is 2. The molecule has 0 saturated heterocycles. The van der Waals surface area contributed by atoms with Crippen LogP contribution in [0.15, 0.2) is 48.0 Å². The van der Waals surface area contributed by atoms with Gasteiger partial charge in [-0.05, 0) is 31.0 Å². The zero-order valence-corrected chi connectivity index (χ0v) is 11.6. The molecule has 1 nitrogen and oxygen atoms in total. The maximum Gasteiger partial charge on any atom is 0.126 e. The summed E-state index contributed by atoms with van der Waals surface area (Å²) >= 11 is 0. The van der Waals surface area contributed by atoms with Gasteiger partial charge in [0.05, 0.1) is 7.11 Å². The number of hydrogen-bond acceptors (Lipinski definition) is 1. The Morgan fingerprint density at radius 1 is 0.947 bits per heavy atom. The molecule has 0 saturated carbocycles. The summed E-state index contributed by atoms with van der Waals surface area (Å²) in [7, 11) is 1.73. The molecule has 2 aromatic rings. The molecule has 0 amide bonds. The van der Waals surface area contributed by atoms with Crippen molar-refractivity contribution < 1.29 is 4.74 Å². The van der Waals surface area contributed by atoms with Crippen molar-refractivity contribution in [3.05, 3.63) is 70.3 Å². The molecule has 1 unspecified atom stereocenters. The molecular weight excluding hydrogens is 232 g/mol. The minimum absolute atomic E-state index is 0.366. The molecular formula is C18H18O. The number of methoxy groups -OCH3 is 1. The first kappa shape index (κ1) is 12.0. The van der Waals surface area contributed by atoms with Crippen LogP contribution in [0, 0.1) is 6.92 Å². The molecule has 1 aliphatic rings. The number of allylic oxidation sites excluding steroid dienone is 1. The second-order valence-electron chi connectivity index (χ2n) is 5.20. The fraction of sp³-hybridized carbons (Fsp3) is 0.222. The summed E-state index contributed by atoms with van der Waals surface area (Å²) < 4.78 is 5.46. The van der Waals surface area contributed by atoms with Crippen LogP contribution in [0.1, 0.15) is 35.1 Å². The van der Waals surface area contributed by atoms with E-state index in [-0.39, 0.29) is 0 Å². The second kappa shape index (κ2) is 4.58. The first-order valence-corrected chi connectivity index (χ1v) is 6.62. The van der Waals surface area contributed by atoms with Crippen LogP contribution in [0.2, 0.25) is 0 Å². The quantitative estimate of drug-likeness (QED) is 0.759. The van der Waals surface area contributed by atoms with Crippen molar-refractivity contribution in [2.24, 2.45) is 0 Å². The van der Waals surface area contributed by atoms with Crippen LogP contribution in [-0.2, 0) is 0 Å². The molecule has 2 aromatic carbocycles. The highest BCUT2D eigenvalue weighted by molar-refractivity contribution is 5.73. The maximum atomic E-state index is 5.46. The summed E-state index contributed by atoms with van der Waals surface area (Å²) in [5.41, 5.74) is 6.61. The monoisotopic (exact) mass is 250 g/mol. The molecule has 0 aromatic heterocycles. The Bertz CT molecular complexity index is 635. The van der Waals surface area contributed by atoms with E-state index in [0.29, 0.717) is 5.92 Å². The van der Waals surface area contributed by atoms with Gasteiger partial charge in [-0.15, -0.1) is 0 Å². The molecule has 0 fully saturated rings. The van der Waals surface area contributed by atoms with E-state index in [1.165, 1.54) is 27.8 Å². The lowest BCUT2D eigenvalue weighted by molar-refractivity contribution is 0.413. The fourth-order valence-electron chi connectivity index (χ4n) is 2.90. The van der Waals surface area contributed by atoms with E-state index in [4.69, 9.17) is 4.74 Å². The van der Waals surface area contributed by atoms with Crippen molar-refractivity contribution >= 4 is 6.08 Å². The van der Waals surface area contributed by atoms with Crippen LogP contribution in [0.4, 0.5) is 0 Å². The van der Waals surface area contributed by atoms with Crippen LogP contribution >= 0.6 is 0 Å². The number of aryl methyl sites for hydroxylation is 1. The third kappa shape index (κ3) is 1.95. The van der Waals surface area contributed by atoms with Gasteiger partial charge in [-0.25, -0.2) is 0 Å². The molecule has 1 aliphatic carbocycles. The van der Waals surface area contributed by atoms with Gasteiger partial charge >= 0.3 is 0 Å². The van der Waals surface area contributed by atoms with Crippen molar-refractivity contribution in [1.29, 1.82) is 0 Å². The molecule has 0 radical (unpaired) electrons. The highest BCUT2D eigenvalue weighted by atomic mass is 16.5. The van der Waals surface area contributed by atoms with Crippen molar-refractivity contribution in [3.63, 3.8) is 0 Å². The SMILES string of the molecule is COc1cccc2c1C=C(C)C2c1ccc(C)cc1. The molecule has 0 heterocycles. The molecule has 1 atom stereocenters. The van der Waals surface area contributed by atoms with Gasteiger partial charge in [0, 0.05) is 11.5 Å². The molecule has 19 heavy (non-hydrogen) atoms. The summed E-state index contributed by atoms with van der Waals surface area (Å²) in [6.45, 7) is 4.32. The van der Waals surface area contributed by atoms with Gasteiger partial charge in [0.15, 0.2) is 0 Å². The molecule has 3 rings (SSSR count). The Morgan fingerprint density at radius 3 is 2.37 bits per heavy atom. The van der Waals surface area contributed by atoms with Gasteiger partial charge in [-0.1, -0.05) is 53.6 Å². The summed E-state index contributed by atoms with van der Waals surface area (Å²) in [6, 6.07) is 15.1. The van der Waals surface area contributed by atoms with Gasteiger partial charge in [-0.2, -0.15) is 0 Å². The zero-order chi connectivity index (χ0) is 13.4. The minimum Gasteiger partial charge on any atom is -0.496 e.